The van der Waals surface area contributed by atoms with Crippen LogP contribution in [-0.4, -0.2) is 16.1 Å². The number of benzene rings is 1. The topological polar surface area (TPSA) is 43.8 Å². The van der Waals surface area contributed by atoms with E-state index in [1.807, 2.05) is 18.2 Å². The van der Waals surface area contributed by atoms with Crippen LogP contribution in [0.1, 0.15) is 12.7 Å². The van der Waals surface area contributed by atoms with Crippen molar-refractivity contribution in [3.05, 3.63) is 29.0 Å². The molecule has 2 N–H and O–H groups in total. The number of aromatic nitrogens is 2. The van der Waals surface area contributed by atoms with Crippen molar-refractivity contribution in [3.63, 3.8) is 0 Å². The fraction of sp³-hybridized carbons (Fsp3) is 0.364. The second-order valence-corrected chi connectivity index (χ2v) is 3.83. The Morgan fingerprint density at radius 3 is 2.93 bits per heavy atom. The van der Waals surface area contributed by atoms with Crippen molar-refractivity contribution in [1.82, 2.24) is 9.55 Å². The van der Waals surface area contributed by atoms with Gasteiger partial charge in [0.1, 0.15) is 5.82 Å². The zero-order valence-electron chi connectivity index (χ0n) is 8.70. The molecular formula is C11H14ClN3. The number of rotatable bonds is 3. The molecule has 1 heterocycles. The molecule has 0 aliphatic heterocycles. The van der Waals surface area contributed by atoms with Crippen LogP contribution in [0.3, 0.4) is 0 Å². The molecule has 0 bridgehead atoms. The van der Waals surface area contributed by atoms with Crippen molar-refractivity contribution >= 4 is 22.6 Å². The number of halogens is 1. The number of fused-ring (bicyclic) bond motifs is 1. The lowest BCUT2D eigenvalue weighted by Gasteiger charge is -2.05. The molecule has 0 spiro atoms. The van der Waals surface area contributed by atoms with Crippen LogP contribution in [-0.2, 0) is 13.0 Å². The minimum absolute atomic E-state index is 0.612. The Balaban J connectivity index is 2.68. The van der Waals surface area contributed by atoms with Gasteiger partial charge in [-0.1, -0.05) is 17.7 Å². The van der Waals surface area contributed by atoms with Crippen molar-refractivity contribution in [2.75, 3.05) is 6.54 Å². The molecule has 1 aromatic carbocycles. The largest absolute Gasteiger partial charge is 0.330 e. The summed E-state index contributed by atoms with van der Waals surface area (Å²) in [5, 5.41) is 0.755. The second kappa shape index (κ2) is 4.21. The average Bonchev–Trinajstić information content (AvgIpc) is 2.57. The van der Waals surface area contributed by atoms with Gasteiger partial charge in [0.15, 0.2) is 0 Å². The van der Waals surface area contributed by atoms with E-state index >= 15 is 0 Å². The SMILES string of the molecule is CCn1c(CCN)nc2cccc(Cl)c21. The highest BCUT2D eigenvalue weighted by atomic mass is 35.5. The highest BCUT2D eigenvalue weighted by Gasteiger charge is 2.10. The summed E-state index contributed by atoms with van der Waals surface area (Å²) in [6.07, 6.45) is 0.791. The van der Waals surface area contributed by atoms with E-state index in [1.54, 1.807) is 0 Å². The third-order valence-electron chi connectivity index (χ3n) is 2.48. The van der Waals surface area contributed by atoms with Crippen molar-refractivity contribution in [2.45, 2.75) is 19.9 Å². The first-order valence-electron chi connectivity index (χ1n) is 5.11. The number of para-hydroxylation sites is 1. The zero-order chi connectivity index (χ0) is 10.8. The maximum Gasteiger partial charge on any atom is 0.111 e. The van der Waals surface area contributed by atoms with E-state index in [0.717, 1.165) is 34.8 Å². The summed E-state index contributed by atoms with van der Waals surface area (Å²) in [6.45, 7) is 3.57. The van der Waals surface area contributed by atoms with Gasteiger partial charge in [0, 0.05) is 13.0 Å². The van der Waals surface area contributed by atoms with Crippen LogP contribution < -0.4 is 5.73 Å². The van der Waals surface area contributed by atoms with Gasteiger partial charge < -0.3 is 10.3 Å². The number of hydrogen-bond donors (Lipinski definition) is 1. The Kier molecular flexibility index (Phi) is 2.93. The lowest BCUT2D eigenvalue weighted by atomic mass is 10.3. The van der Waals surface area contributed by atoms with Crippen LogP contribution in [0.2, 0.25) is 5.02 Å². The molecule has 80 valence electrons. The highest BCUT2D eigenvalue weighted by Crippen LogP contribution is 2.24. The Labute approximate surface area is 93.9 Å². The number of aryl methyl sites for hydroxylation is 1. The Morgan fingerprint density at radius 1 is 1.47 bits per heavy atom. The summed E-state index contributed by atoms with van der Waals surface area (Å²) >= 11 is 6.16. The van der Waals surface area contributed by atoms with E-state index < -0.39 is 0 Å². The third kappa shape index (κ3) is 1.73. The summed E-state index contributed by atoms with van der Waals surface area (Å²) in [7, 11) is 0. The van der Waals surface area contributed by atoms with E-state index in [-0.39, 0.29) is 0 Å². The average molecular weight is 224 g/mol. The predicted molar refractivity (Wildman–Crippen MR) is 63.2 cm³/mol. The smallest absolute Gasteiger partial charge is 0.111 e. The lowest BCUT2D eigenvalue weighted by molar-refractivity contribution is 0.711. The first-order valence-corrected chi connectivity index (χ1v) is 5.49. The molecule has 4 heteroatoms. The van der Waals surface area contributed by atoms with E-state index in [1.165, 1.54) is 0 Å². The van der Waals surface area contributed by atoms with E-state index in [4.69, 9.17) is 17.3 Å². The van der Waals surface area contributed by atoms with Gasteiger partial charge in [-0.15, -0.1) is 0 Å². The molecule has 0 aliphatic carbocycles. The number of nitrogens with zero attached hydrogens (tertiary/aromatic N) is 2. The lowest BCUT2D eigenvalue weighted by Crippen LogP contribution is -2.09. The minimum Gasteiger partial charge on any atom is -0.330 e. The summed E-state index contributed by atoms with van der Waals surface area (Å²) in [6, 6.07) is 5.79. The van der Waals surface area contributed by atoms with Gasteiger partial charge in [-0.3, -0.25) is 0 Å². The van der Waals surface area contributed by atoms with Gasteiger partial charge in [0.2, 0.25) is 0 Å². The predicted octanol–water partition coefficient (Wildman–Crippen LogP) is 2.21. The molecule has 2 aromatic rings. The molecule has 0 aliphatic rings. The summed E-state index contributed by atoms with van der Waals surface area (Å²) < 4.78 is 2.13. The standard InChI is InChI=1S/C11H14ClN3/c1-2-15-10(6-7-13)14-9-5-3-4-8(12)11(9)15/h3-5H,2,6-7,13H2,1H3. The van der Waals surface area contributed by atoms with Crippen LogP contribution in [0, 0.1) is 0 Å². The number of nitrogens with two attached hydrogens (primary N) is 1. The van der Waals surface area contributed by atoms with Crippen molar-refractivity contribution in [1.29, 1.82) is 0 Å². The molecule has 0 unspecified atom stereocenters. The van der Waals surface area contributed by atoms with Gasteiger partial charge in [0.05, 0.1) is 16.1 Å². The molecule has 0 amide bonds. The molecule has 0 saturated carbocycles. The molecule has 0 atom stereocenters. The normalized spacial score (nSPS) is 11.1. The van der Waals surface area contributed by atoms with Crippen LogP contribution in [0.4, 0.5) is 0 Å². The van der Waals surface area contributed by atoms with Crippen LogP contribution >= 0.6 is 11.6 Å². The first kappa shape index (κ1) is 10.5. The van der Waals surface area contributed by atoms with Crippen LogP contribution in [0.5, 0.6) is 0 Å². The zero-order valence-corrected chi connectivity index (χ0v) is 9.46. The molecule has 0 radical (unpaired) electrons. The highest BCUT2D eigenvalue weighted by molar-refractivity contribution is 6.35. The minimum atomic E-state index is 0.612. The maximum atomic E-state index is 6.16. The molecule has 2 rings (SSSR count). The summed E-state index contributed by atoms with van der Waals surface area (Å²) in [5.74, 6) is 1.02. The molecule has 15 heavy (non-hydrogen) atoms. The monoisotopic (exact) mass is 223 g/mol. The molecule has 3 nitrogen and oxygen atoms in total. The fourth-order valence-corrected chi connectivity index (χ4v) is 2.12. The Hall–Kier alpha value is -1.06. The summed E-state index contributed by atoms with van der Waals surface area (Å²) in [5.41, 5.74) is 7.53. The quantitative estimate of drug-likeness (QED) is 0.867. The van der Waals surface area contributed by atoms with E-state index in [2.05, 4.69) is 16.5 Å². The van der Waals surface area contributed by atoms with Gasteiger partial charge >= 0.3 is 0 Å². The Bertz CT molecular complexity index is 476. The van der Waals surface area contributed by atoms with Crippen molar-refractivity contribution in [2.24, 2.45) is 5.73 Å². The fourth-order valence-electron chi connectivity index (χ4n) is 1.85. The second-order valence-electron chi connectivity index (χ2n) is 3.42. The third-order valence-corrected chi connectivity index (χ3v) is 2.79. The molecule has 1 aromatic heterocycles. The molecule has 0 fully saturated rings. The Morgan fingerprint density at radius 2 is 2.27 bits per heavy atom. The number of hydrogen-bond acceptors (Lipinski definition) is 2. The summed E-state index contributed by atoms with van der Waals surface area (Å²) in [4.78, 5) is 4.53. The van der Waals surface area contributed by atoms with E-state index in [9.17, 15) is 0 Å². The van der Waals surface area contributed by atoms with Gasteiger partial charge in [-0.25, -0.2) is 4.98 Å². The van der Waals surface area contributed by atoms with Gasteiger partial charge in [-0.05, 0) is 25.6 Å². The van der Waals surface area contributed by atoms with E-state index in [0.29, 0.717) is 6.54 Å². The van der Waals surface area contributed by atoms with Gasteiger partial charge in [-0.2, -0.15) is 0 Å². The molecular weight excluding hydrogens is 210 g/mol. The van der Waals surface area contributed by atoms with Crippen molar-refractivity contribution < 1.29 is 0 Å². The van der Waals surface area contributed by atoms with Crippen molar-refractivity contribution in [3.8, 4) is 0 Å². The number of imidazole rings is 1. The first-order chi connectivity index (χ1) is 7.27. The van der Waals surface area contributed by atoms with Crippen LogP contribution in [0.15, 0.2) is 18.2 Å². The molecule has 0 saturated heterocycles. The maximum absolute atomic E-state index is 6.16. The van der Waals surface area contributed by atoms with Crippen LogP contribution in [0.25, 0.3) is 11.0 Å². The van der Waals surface area contributed by atoms with Gasteiger partial charge in [0.25, 0.3) is 0 Å².